The van der Waals surface area contributed by atoms with E-state index in [9.17, 15) is 19.5 Å². The first kappa shape index (κ1) is 43.1. The smallest absolute Gasteiger partial charge is 0.309 e. The van der Waals surface area contributed by atoms with Crippen molar-refractivity contribution in [2.75, 3.05) is 33.0 Å². The van der Waals surface area contributed by atoms with Crippen LogP contribution in [0.4, 0.5) is 0 Å². The summed E-state index contributed by atoms with van der Waals surface area (Å²) in [5, 5.41) is 9.66. The van der Waals surface area contributed by atoms with E-state index in [1.165, 1.54) is 5.57 Å². The van der Waals surface area contributed by atoms with Gasteiger partial charge in [-0.25, -0.2) is 0 Å². The molecular formula is C50H72N2O8. The molecule has 10 heteroatoms. The highest BCUT2D eigenvalue weighted by atomic mass is 16.7. The van der Waals surface area contributed by atoms with Crippen LogP contribution in [0, 0.1) is 62.1 Å². The third kappa shape index (κ3) is 6.69. The highest BCUT2D eigenvalue weighted by Crippen LogP contribution is 2.77. The lowest BCUT2D eigenvalue weighted by atomic mass is 9.32. The molecule has 0 aromatic heterocycles. The number of carboxylic acid groups (broad SMARTS) is 1. The number of carbonyl (C=O) groups is 4. The van der Waals surface area contributed by atoms with Crippen molar-refractivity contribution in [3.05, 3.63) is 35.9 Å². The maximum absolute atomic E-state index is 15.2. The molecule has 2 heterocycles. The molecule has 5 aliphatic carbocycles. The lowest BCUT2D eigenvalue weighted by Gasteiger charge is -2.73. The summed E-state index contributed by atoms with van der Waals surface area (Å²) in [6, 6.07) is 5.88. The van der Waals surface area contributed by atoms with Gasteiger partial charge in [-0.1, -0.05) is 52.8 Å². The number of carbonyl (C=O) groups excluding carboxylic acids is 3. The van der Waals surface area contributed by atoms with E-state index in [2.05, 4.69) is 53.0 Å². The highest BCUT2D eigenvalue weighted by Gasteiger charge is 2.72. The molecule has 5 saturated carbocycles. The van der Waals surface area contributed by atoms with Crippen molar-refractivity contribution in [2.24, 2.45) is 62.1 Å². The minimum absolute atomic E-state index is 0.0787. The number of benzene rings is 1. The fourth-order valence-electron chi connectivity index (χ4n) is 15.3. The van der Waals surface area contributed by atoms with Crippen LogP contribution in [-0.4, -0.2) is 77.7 Å². The molecule has 2 amide bonds. The van der Waals surface area contributed by atoms with Crippen LogP contribution >= 0.6 is 0 Å². The molecule has 0 radical (unpaired) electrons. The average molecular weight is 829 g/mol. The number of fused-ring (bicyclic) bond motifs is 8. The van der Waals surface area contributed by atoms with E-state index in [0.29, 0.717) is 68.6 Å². The molecule has 0 unspecified atom stereocenters. The number of amides is 2. The third-order valence-corrected chi connectivity index (χ3v) is 18.9. The summed E-state index contributed by atoms with van der Waals surface area (Å²) in [4.78, 5) is 57.6. The van der Waals surface area contributed by atoms with Gasteiger partial charge >= 0.3 is 11.9 Å². The van der Waals surface area contributed by atoms with Crippen LogP contribution in [0.1, 0.15) is 138 Å². The van der Waals surface area contributed by atoms with E-state index in [1.54, 1.807) is 13.8 Å². The Bertz CT molecular complexity index is 1920. The van der Waals surface area contributed by atoms with Crippen molar-refractivity contribution in [2.45, 2.75) is 145 Å². The van der Waals surface area contributed by atoms with Crippen LogP contribution in [0.2, 0.25) is 0 Å². The normalized spacial score (nSPS) is 37.9. The number of aryl methyl sites for hydroxylation is 1. The Labute approximate surface area is 358 Å². The highest BCUT2D eigenvalue weighted by molar-refractivity contribution is 5.85. The van der Waals surface area contributed by atoms with Gasteiger partial charge in [-0.05, 0) is 155 Å². The average Bonchev–Trinajstić information content (AvgIpc) is 3.83. The van der Waals surface area contributed by atoms with Gasteiger partial charge in [-0.3, -0.25) is 19.2 Å². The Balaban J connectivity index is 0.961. The number of hydrogen-bond acceptors (Lipinski definition) is 7. The number of carboxylic acids is 1. The second-order valence-corrected chi connectivity index (χ2v) is 22.4. The number of rotatable bonds is 9. The Hall–Kier alpha value is -3.56. The van der Waals surface area contributed by atoms with Crippen molar-refractivity contribution < 1.29 is 38.5 Å². The zero-order chi connectivity index (χ0) is 43.2. The molecule has 1 saturated heterocycles. The number of nitrogens with zero attached hydrogens (tertiary/aromatic N) is 2. The summed E-state index contributed by atoms with van der Waals surface area (Å²) in [5.74, 6) is 2.50. The van der Waals surface area contributed by atoms with Gasteiger partial charge in [0.05, 0.1) is 17.3 Å². The van der Waals surface area contributed by atoms with Crippen molar-refractivity contribution in [3.63, 3.8) is 0 Å². The summed E-state index contributed by atoms with van der Waals surface area (Å²) in [6.45, 7) is 24.8. The molecule has 2 aliphatic heterocycles. The number of allylic oxidation sites excluding steroid dienone is 1. The van der Waals surface area contributed by atoms with Crippen LogP contribution in [-0.2, 0) is 30.3 Å². The lowest BCUT2D eigenvalue weighted by molar-refractivity contribution is -0.250. The Morgan fingerprint density at radius 1 is 0.833 bits per heavy atom. The van der Waals surface area contributed by atoms with Gasteiger partial charge in [-0.15, -0.1) is 0 Å². The minimum Gasteiger partial charge on any atom is -0.481 e. The second-order valence-electron chi connectivity index (χ2n) is 22.4. The summed E-state index contributed by atoms with van der Waals surface area (Å²) >= 11 is 0. The molecule has 6 fully saturated rings. The predicted molar refractivity (Wildman–Crippen MR) is 229 cm³/mol. The first-order valence-electron chi connectivity index (χ1n) is 23.2. The molecule has 1 aromatic carbocycles. The van der Waals surface area contributed by atoms with Crippen molar-refractivity contribution >= 4 is 23.8 Å². The van der Waals surface area contributed by atoms with Crippen molar-refractivity contribution in [1.29, 1.82) is 0 Å². The standard InChI is InChI=1S/C50H72N2O8/c1-31(2)33-16-21-50(43(55)52-26-24-51(25-27-52)40(53)15-11-32-10-13-35-36(28-32)59-30-58-35)23-22-48(8)34(42(33)50)12-14-38-47(7)19-18-39(60-41(54)29-45(3,4)44(56)57)46(5,6)37(47)17-20-49(38,48)9/h10,13,28,33-34,37-39,42H,1,11-12,14-27,29-30H2,2-9H3,(H,56,57)/t33-,34+,37-,38+,39-,42+,47-,48+,49+,50-/m0/s1. The topological polar surface area (TPSA) is 123 Å². The van der Waals surface area contributed by atoms with Crippen LogP contribution in [0.15, 0.2) is 30.4 Å². The second kappa shape index (κ2) is 15.1. The maximum Gasteiger partial charge on any atom is 0.309 e. The Morgan fingerprint density at radius 2 is 1.53 bits per heavy atom. The van der Waals surface area contributed by atoms with Crippen LogP contribution in [0.5, 0.6) is 11.5 Å². The largest absolute Gasteiger partial charge is 0.481 e. The fraction of sp³-hybridized carbons (Fsp3) is 0.760. The van der Waals surface area contributed by atoms with Gasteiger partial charge in [0.2, 0.25) is 18.6 Å². The first-order chi connectivity index (χ1) is 28.2. The molecule has 330 valence electrons. The molecule has 0 bridgehead atoms. The van der Waals surface area contributed by atoms with Gasteiger partial charge in [0.1, 0.15) is 6.10 Å². The maximum atomic E-state index is 15.2. The molecule has 10 nitrogen and oxygen atoms in total. The Kier molecular flexibility index (Phi) is 10.8. The van der Waals surface area contributed by atoms with Crippen LogP contribution < -0.4 is 9.47 Å². The molecule has 60 heavy (non-hydrogen) atoms. The van der Waals surface area contributed by atoms with Crippen LogP contribution in [0.25, 0.3) is 0 Å². The third-order valence-electron chi connectivity index (χ3n) is 18.9. The summed E-state index contributed by atoms with van der Waals surface area (Å²) in [6.07, 6.45) is 10.9. The van der Waals surface area contributed by atoms with E-state index >= 15 is 4.79 Å². The number of hydrogen-bond donors (Lipinski definition) is 1. The molecule has 0 spiro atoms. The predicted octanol–water partition coefficient (Wildman–Crippen LogP) is 9.09. The van der Waals surface area contributed by atoms with Gasteiger partial charge in [-0.2, -0.15) is 0 Å². The first-order valence-corrected chi connectivity index (χ1v) is 23.2. The van der Waals surface area contributed by atoms with Gasteiger partial charge in [0.25, 0.3) is 0 Å². The lowest BCUT2D eigenvalue weighted by Crippen LogP contribution is -2.68. The van der Waals surface area contributed by atoms with Gasteiger partial charge in [0, 0.05) is 38.0 Å². The van der Waals surface area contributed by atoms with Gasteiger partial charge < -0.3 is 29.1 Å². The van der Waals surface area contributed by atoms with E-state index in [0.717, 1.165) is 81.3 Å². The number of piperazine rings is 1. The summed E-state index contributed by atoms with van der Waals surface area (Å²) < 4.78 is 17.2. The number of esters is 1. The van der Waals surface area contributed by atoms with E-state index < -0.39 is 17.4 Å². The fourth-order valence-corrected chi connectivity index (χ4v) is 15.3. The SMILES string of the molecule is C=C(C)[C@@H]1CC[C@]2(C(=O)N3CCN(C(=O)CCc4ccc5c(c4)OCO5)CC3)CC[C@]3(C)[C@H](CC[C@@H]4[C@@]5(C)CC[C@H](OC(=O)CC(C)(C)C(=O)O)C(C)(C)[C@@H]5CC[C@]43C)[C@@H]12. The molecule has 8 rings (SSSR count). The quantitative estimate of drug-likeness (QED) is 0.193. The molecule has 7 aliphatic rings. The van der Waals surface area contributed by atoms with Crippen molar-refractivity contribution in [3.8, 4) is 11.5 Å². The van der Waals surface area contributed by atoms with E-state index in [-0.39, 0.29) is 58.2 Å². The summed E-state index contributed by atoms with van der Waals surface area (Å²) in [5.41, 5.74) is 0.770. The molecule has 10 atom stereocenters. The van der Waals surface area contributed by atoms with Gasteiger partial charge in [0.15, 0.2) is 11.5 Å². The summed E-state index contributed by atoms with van der Waals surface area (Å²) in [7, 11) is 0. The zero-order valence-corrected chi connectivity index (χ0v) is 37.8. The van der Waals surface area contributed by atoms with Crippen LogP contribution in [0.3, 0.4) is 0 Å². The number of ether oxygens (including phenoxy) is 3. The van der Waals surface area contributed by atoms with E-state index in [1.807, 2.05) is 23.1 Å². The monoisotopic (exact) mass is 829 g/mol. The number of aliphatic carboxylic acids is 1. The van der Waals surface area contributed by atoms with E-state index in [4.69, 9.17) is 14.2 Å². The molecule has 1 N–H and O–H groups in total. The minimum atomic E-state index is -1.16. The zero-order valence-electron chi connectivity index (χ0n) is 37.8. The molecular weight excluding hydrogens is 757 g/mol. The van der Waals surface area contributed by atoms with Crippen molar-refractivity contribution in [1.82, 2.24) is 9.80 Å². The Morgan fingerprint density at radius 3 is 2.23 bits per heavy atom. The molecule has 1 aromatic rings.